The van der Waals surface area contributed by atoms with Gasteiger partial charge in [0.2, 0.25) is 5.78 Å². The van der Waals surface area contributed by atoms with Gasteiger partial charge in [-0.15, -0.1) is 0 Å². The SMILES string of the molecule is CCOC(=O)c1cnc2ncc(Br)cn12. The molecule has 0 unspecified atom stereocenters. The number of rotatable bonds is 2. The number of imidazole rings is 1. The summed E-state index contributed by atoms with van der Waals surface area (Å²) < 4.78 is 7.25. The highest BCUT2D eigenvalue weighted by molar-refractivity contribution is 9.10. The van der Waals surface area contributed by atoms with Gasteiger partial charge < -0.3 is 4.74 Å². The topological polar surface area (TPSA) is 56.5 Å². The van der Waals surface area contributed by atoms with Gasteiger partial charge in [0, 0.05) is 12.4 Å². The molecule has 2 aromatic rings. The molecule has 0 radical (unpaired) electrons. The third kappa shape index (κ3) is 1.85. The summed E-state index contributed by atoms with van der Waals surface area (Å²) in [6.45, 7) is 2.10. The molecule has 0 aliphatic carbocycles. The van der Waals surface area contributed by atoms with E-state index in [1.165, 1.54) is 6.20 Å². The van der Waals surface area contributed by atoms with Crippen molar-refractivity contribution in [3.8, 4) is 0 Å². The van der Waals surface area contributed by atoms with Gasteiger partial charge in [0.05, 0.1) is 17.3 Å². The molecular weight excluding hydrogens is 262 g/mol. The van der Waals surface area contributed by atoms with Crippen molar-refractivity contribution in [3.05, 3.63) is 28.8 Å². The number of aromatic nitrogens is 3. The second kappa shape index (κ2) is 3.98. The first kappa shape index (κ1) is 10.1. The largest absolute Gasteiger partial charge is 0.461 e. The summed E-state index contributed by atoms with van der Waals surface area (Å²) in [5.74, 6) is 0.0751. The van der Waals surface area contributed by atoms with E-state index in [1.807, 2.05) is 0 Å². The molecule has 0 aliphatic heterocycles. The monoisotopic (exact) mass is 269 g/mol. The average molecular weight is 270 g/mol. The van der Waals surface area contributed by atoms with Gasteiger partial charge in [0.15, 0.2) is 5.69 Å². The van der Waals surface area contributed by atoms with Crippen LogP contribution in [0.15, 0.2) is 23.1 Å². The average Bonchev–Trinajstić information content (AvgIpc) is 2.60. The maximum Gasteiger partial charge on any atom is 0.357 e. The van der Waals surface area contributed by atoms with Crippen molar-refractivity contribution in [3.63, 3.8) is 0 Å². The van der Waals surface area contributed by atoms with Crippen LogP contribution in [0.25, 0.3) is 5.78 Å². The van der Waals surface area contributed by atoms with Crippen LogP contribution in [0.4, 0.5) is 0 Å². The molecule has 0 bridgehead atoms. The summed E-state index contributed by atoms with van der Waals surface area (Å²) in [6, 6.07) is 0. The van der Waals surface area contributed by atoms with Crippen LogP contribution in [0, 0.1) is 0 Å². The fourth-order valence-electron chi connectivity index (χ4n) is 1.21. The summed E-state index contributed by atoms with van der Waals surface area (Å²) in [6.07, 6.45) is 4.80. The quantitative estimate of drug-likeness (QED) is 0.779. The Kier molecular flexibility index (Phi) is 2.68. The van der Waals surface area contributed by atoms with E-state index >= 15 is 0 Å². The molecule has 0 aromatic carbocycles. The maximum atomic E-state index is 11.5. The number of halogens is 1. The molecule has 0 saturated carbocycles. The van der Waals surface area contributed by atoms with Crippen LogP contribution in [0.3, 0.4) is 0 Å². The molecule has 0 atom stereocenters. The second-order valence-electron chi connectivity index (χ2n) is 2.81. The highest BCUT2D eigenvalue weighted by Crippen LogP contribution is 2.11. The predicted octanol–water partition coefficient (Wildman–Crippen LogP) is 1.67. The van der Waals surface area contributed by atoms with E-state index in [0.717, 1.165) is 4.47 Å². The molecule has 0 spiro atoms. The Hall–Kier alpha value is -1.43. The van der Waals surface area contributed by atoms with Gasteiger partial charge in [0.1, 0.15) is 0 Å². The number of fused-ring (bicyclic) bond motifs is 1. The lowest BCUT2D eigenvalue weighted by molar-refractivity contribution is 0.0518. The number of nitrogens with zero attached hydrogens (tertiary/aromatic N) is 3. The lowest BCUT2D eigenvalue weighted by Crippen LogP contribution is -2.08. The fraction of sp³-hybridized carbons (Fsp3) is 0.222. The number of hydrogen-bond donors (Lipinski definition) is 0. The van der Waals surface area contributed by atoms with Gasteiger partial charge in [-0.05, 0) is 22.9 Å². The van der Waals surface area contributed by atoms with E-state index in [4.69, 9.17) is 4.74 Å². The second-order valence-corrected chi connectivity index (χ2v) is 3.72. The third-order valence-corrected chi connectivity index (χ3v) is 2.23. The van der Waals surface area contributed by atoms with Crippen molar-refractivity contribution in [2.45, 2.75) is 6.92 Å². The van der Waals surface area contributed by atoms with Crippen LogP contribution in [0.2, 0.25) is 0 Å². The number of esters is 1. The van der Waals surface area contributed by atoms with Crippen molar-refractivity contribution in [2.75, 3.05) is 6.61 Å². The smallest absolute Gasteiger partial charge is 0.357 e. The zero-order valence-corrected chi connectivity index (χ0v) is 9.56. The molecule has 2 aromatic heterocycles. The van der Waals surface area contributed by atoms with Crippen LogP contribution < -0.4 is 0 Å². The first-order chi connectivity index (χ1) is 7.22. The first-order valence-corrected chi connectivity index (χ1v) is 5.17. The zero-order chi connectivity index (χ0) is 10.8. The van der Waals surface area contributed by atoms with Crippen LogP contribution in [-0.4, -0.2) is 26.9 Å². The Bertz CT molecular complexity index is 509. The molecule has 78 valence electrons. The maximum absolute atomic E-state index is 11.5. The molecule has 0 aliphatic rings. The number of hydrogen-bond acceptors (Lipinski definition) is 4. The van der Waals surface area contributed by atoms with E-state index < -0.39 is 5.97 Å². The standard InChI is InChI=1S/C9H8BrN3O2/c1-2-15-8(14)7-4-12-9-11-3-6(10)5-13(7)9/h3-5H,2H2,1H3. The van der Waals surface area contributed by atoms with E-state index in [-0.39, 0.29) is 0 Å². The minimum absolute atomic E-state index is 0.341. The summed E-state index contributed by atoms with van der Waals surface area (Å²) in [7, 11) is 0. The minimum Gasteiger partial charge on any atom is -0.461 e. The number of ether oxygens (including phenoxy) is 1. The first-order valence-electron chi connectivity index (χ1n) is 4.38. The van der Waals surface area contributed by atoms with Crippen molar-refractivity contribution >= 4 is 27.7 Å². The predicted molar refractivity (Wildman–Crippen MR) is 56.6 cm³/mol. The van der Waals surface area contributed by atoms with E-state index in [0.29, 0.717) is 18.1 Å². The van der Waals surface area contributed by atoms with E-state index in [1.54, 1.807) is 23.7 Å². The summed E-state index contributed by atoms with van der Waals surface area (Å²) in [5, 5.41) is 0. The molecule has 0 fully saturated rings. The Labute approximate surface area is 94.2 Å². The fourth-order valence-corrected chi connectivity index (χ4v) is 1.51. The van der Waals surface area contributed by atoms with Crippen LogP contribution in [-0.2, 0) is 4.74 Å². The number of carbonyl (C=O) groups excluding carboxylic acids is 1. The Morgan fingerprint density at radius 2 is 2.27 bits per heavy atom. The molecule has 0 saturated heterocycles. The third-order valence-electron chi connectivity index (χ3n) is 1.82. The van der Waals surface area contributed by atoms with Crippen molar-refractivity contribution in [1.29, 1.82) is 0 Å². The van der Waals surface area contributed by atoms with Gasteiger partial charge >= 0.3 is 5.97 Å². The molecule has 0 amide bonds. The molecule has 15 heavy (non-hydrogen) atoms. The zero-order valence-electron chi connectivity index (χ0n) is 7.98. The van der Waals surface area contributed by atoms with Gasteiger partial charge in [-0.1, -0.05) is 0 Å². The van der Waals surface area contributed by atoms with Crippen molar-refractivity contribution in [1.82, 2.24) is 14.4 Å². The van der Waals surface area contributed by atoms with Crippen LogP contribution in [0.1, 0.15) is 17.4 Å². The van der Waals surface area contributed by atoms with Gasteiger partial charge in [-0.25, -0.2) is 14.8 Å². The van der Waals surface area contributed by atoms with Gasteiger partial charge in [-0.2, -0.15) is 0 Å². The Morgan fingerprint density at radius 3 is 3.00 bits per heavy atom. The Morgan fingerprint density at radius 1 is 1.53 bits per heavy atom. The highest BCUT2D eigenvalue weighted by atomic mass is 79.9. The van der Waals surface area contributed by atoms with E-state index in [2.05, 4.69) is 25.9 Å². The molecule has 2 heterocycles. The Balaban J connectivity index is 2.52. The summed E-state index contributed by atoms with van der Waals surface area (Å²) in [4.78, 5) is 19.5. The highest BCUT2D eigenvalue weighted by Gasteiger charge is 2.13. The summed E-state index contributed by atoms with van der Waals surface area (Å²) >= 11 is 3.28. The molecule has 2 rings (SSSR count). The van der Waals surface area contributed by atoms with Gasteiger partial charge in [-0.3, -0.25) is 4.40 Å². The lowest BCUT2D eigenvalue weighted by Gasteiger charge is -2.01. The molecular formula is C9H8BrN3O2. The van der Waals surface area contributed by atoms with Crippen LogP contribution in [0.5, 0.6) is 0 Å². The lowest BCUT2D eigenvalue weighted by atomic mass is 10.5. The number of carbonyl (C=O) groups is 1. The molecule has 5 nitrogen and oxygen atoms in total. The summed E-state index contributed by atoms with van der Waals surface area (Å²) in [5.41, 5.74) is 0.376. The normalized spacial score (nSPS) is 10.5. The minimum atomic E-state index is -0.398. The molecule has 6 heteroatoms. The molecule has 0 N–H and O–H groups in total. The van der Waals surface area contributed by atoms with E-state index in [9.17, 15) is 4.79 Å². The van der Waals surface area contributed by atoms with Crippen LogP contribution >= 0.6 is 15.9 Å². The van der Waals surface area contributed by atoms with Gasteiger partial charge in [0.25, 0.3) is 0 Å². The van der Waals surface area contributed by atoms with Crippen molar-refractivity contribution < 1.29 is 9.53 Å². The van der Waals surface area contributed by atoms with Crippen molar-refractivity contribution in [2.24, 2.45) is 0 Å².